The number of alkyl halides is 1. The Bertz CT molecular complexity index is 486. The van der Waals surface area contributed by atoms with Crippen molar-refractivity contribution in [3.8, 4) is 0 Å². The lowest BCUT2D eigenvalue weighted by molar-refractivity contribution is 0.317. The Morgan fingerprint density at radius 1 is 1.21 bits per heavy atom. The molecule has 0 bridgehead atoms. The van der Waals surface area contributed by atoms with Gasteiger partial charge in [0.2, 0.25) is 10.0 Å². The fourth-order valence-corrected chi connectivity index (χ4v) is 4.54. The standard InChI is InChI=1S/C13H19BrClNO2S/c1-3-12(4-2)16(10-9-14)19(17,18)13-7-5-11(15)6-8-13/h5-8,12H,3-4,9-10H2,1-2H3. The third kappa shape index (κ3) is 4.18. The highest BCUT2D eigenvalue weighted by Gasteiger charge is 2.28. The molecule has 0 amide bonds. The third-order valence-electron chi connectivity index (χ3n) is 3.07. The summed E-state index contributed by atoms with van der Waals surface area (Å²) in [6.45, 7) is 4.48. The second-order valence-electron chi connectivity index (χ2n) is 4.23. The summed E-state index contributed by atoms with van der Waals surface area (Å²) in [6, 6.07) is 6.35. The molecule has 0 aliphatic rings. The predicted molar refractivity (Wildman–Crippen MR) is 83.5 cm³/mol. The van der Waals surface area contributed by atoms with E-state index >= 15 is 0 Å². The quantitative estimate of drug-likeness (QED) is 0.684. The minimum atomic E-state index is -3.46. The summed E-state index contributed by atoms with van der Waals surface area (Å²) >= 11 is 9.13. The number of rotatable bonds is 7. The van der Waals surface area contributed by atoms with Gasteiger partial charge in [0.25, 0.3) is 0 Å². The smallest absolute Gasteiger partial charge is 0.207 e. The summed E-state index contributed by atoms with van der Waals surface area (Å²) in [5.74, 6) is 0. The maximum atomic E-state index is 12.7. The highest BCUT2D eigenvalue weighted by Crippen LogP contribution is 2.22. The van der Waals surface area contributed by atoms with Gasteiger partial charge in [0.15, 0.2) is 0 Å². The second kappa shape index (κ2) is 7.62. The van der Waals surface area contributed by atoms with E-state index in [0.29, 0.717) is 21.8 Å². The average molecular weight is 369 g/mol. The van der Waals surface area contributed by atoms with Gasteiger partial charge in [-0.05, 0) is 37.1 Å². The molecule has 0 saturated heterocycles. The van der Waals surface area contributed by atoms with E-state index in [2.05, 4.69) is 15.9 Å². The molecular formula is C13H19BrClNO2S. The Kier molecular flexibility index (Phi) is 6.80. The Morgan fingerprint density at radius 3 is 2.16 bits per heavy atom. The SMILES string of the molecule is CCC(CC)N(CCBr)S(=O)(=O)c1ccc(Cl)cc1. The van der Waals surface area contributed by atoms with Crippen molar-refractivity contribution in [2.75, 3.05) is 11.9 Å². The van der Waals surface area contributed by atoms with Gasteiger partial charge in [-0.2, -0.15) is 4.31 Å². The Hall–Kier alpha value is -0.100. The molecule has 1 aromatic rings. The number of benzene rings is 1. The molecule has 19 heavy (non-hydrogen) atoms. The van der Waals surface area contributed by atoms with Crippen LogP contribution < -0.4 is 0 Å². The van der Waals surface area contributed by atoms with E-state index in [0.717, 1.165) is 12.8 Å². The highest BCUT2D eigenvalue weighted by atomic mass is 79.9. The lowest BCUT2D eigenvalue weighted by Crippen LogP contribution is -2.40. The van der Waals surface area contributed by atoms with E-state index in [4.69, 9.17) is 11.6 Å². The lowest BCUT2D eigenvalue weighted by Gasteiger charge is -2.29. The zero-order valence-corrected chi connectivity index (χ0v) is 14.3. The van der Waals surface area contributed by atoms with Crippen molar-refractivity contribution in [1.82, 2.24) is 4.31 Å². The van der Waals surface area contributed by atoms with Gasteiger partial charge in [0.1, 0.15) is 0 Å². The summed E-state index contributed by atoms with van der Waals surface area (Å²) in [5.41, 5.74) is 0. The molecule has 0 radical (unpaired) electrons. The fourth-order valence-electron chi connectivity index (χ4n) is 2.02. The lowest BCUT2D eigenvalue weighted by atomic mass is 10.2. The Labute approximate surface area is 129 Å². The topological polar surface area (TPSA) is 37.4 Å². The summed E-state index contributed by atoms with van der Waals surface area (Å²) in [5, 5.41) is 1.16. The van der Waals surface area contributed by atoms with Crippen LogP contribution in [0.25, 0.3) is 0 Å². The van der Waals surface area contributed by atoms with Crippen molar-refractivity contribution < 1.29 is 8.42 Å². The van der Waals surface area contributed by atoms with Crippen LogP contribution in [0.15, 0.2) is 29.2 Å². The predicted octanol–water partition coefficient (Wildman–Crippen LogP) is 3.91. The Balaban J connectivity index is 3.15. The first-order chi connectivity index (χ1) is 8.97. The summed E-state index contributed by atoms with van der Waals surface area (Å²) < 4.78 is 26.9. The molecule has 0 fully saturated rings. The van der Waals surface area contributed by atoms with E-state index < -0.39 is 10.0 Å². The molecule has 0 aliphatic heterocycles. The zero-order chi connectivity index (χ0) is 14.5. The first-order valence-electron chi connectivity index (χ1n) is 6.30. The van der Waals surface area contributed by atoms with E-state index in [9.17, 15) is 8.42 Å². The number of nitrogens with zero attached hydrogens (tertiary/aromatic N) is 1. The summed E-state index contributed by atoms with van der Waals surface area (Å²) in [6.07, 6.45) is 1.60. The van der Waals surface area contributed by atoms with Gasteiger partial charge in [0, 0.05) is 22.9 Å². The number of sulfonamides is 1. The molecule has 108 valence electrons. The van der Waals surface area contributed by atoms with Gasteiger partial charge in [-0.25, -0.2) is 8.42 Å². The third-order valence-corrected chi connectivity index (χ3v) is 5.65. The van der Waals surface area contributed by atoms with Crippen LogP contribution in [-0.2, 0) is 10.0 Å². The molecule has 0 aromatic heterocycles. The van der Waals surface area contributed by atoms with Crippen LogP contribution in [0, 0.1) is 0 Å². The van der Waals surface area contributed by atoms with Gasteiger partial charge in [-0.15, -0.1) is 0 Å². The van der Waals surface area contributed by atoms with Crippen LogP contribution in [0.5, 0.6) is 0 Å². The van der Waals surface area contributed by atoms with Crippen molar-refractivity contribution >= 4 is 37.6 Å². The molecule has 0 heterocycles. The van der Waals surface area contributed by atoms with Crippen LogP contribution in [0.1, 0.15) is 26.7 Å². The van der Waals surface area contributed by atoms with Gasteiger partial charge in [-0.1, -0.05) is 41.4 Å². The van der Waals surface area contributed by atoms with Gasteiger partial charge < -0.3 is 0 Å². The molecule has 0 N–H and O–H groups in total. The Morgan fingerprint density at radius 2 is 1.74 bits per heavy atom. The molecule has 0 atom stereocenters. The molecular weight excluding hydrogens is 350 g/mol. The number of hydrogen-bond acceptors (Lipinski definition) is 2. The largest absolute Gasteiger partial charge is 0.243 e. The normalized spacial score (nSPS) is 12.3. The van der Waals surface area contributed by atoms with Gasteiger partial charge in [0.05, 0.1) is 4.90 Å². The molecule has 0 aliphatic carbocycles. The monoisotopic (exact) mass is 367 g/mol. The molecule has 0 saturated carbocycles. The minimum absolute atomic E-state index is 0.0261. The van der Waals surface area contributed by atoms with Crippen LogP contribution in [-0.4, -0.2) is 30.6 Å². The molecule has 0 unspecified atom stereocenters. The van der Waals surface area contributed by atoms with Crippen LogP contribution in [0.2, 0.25) is 5.02 Å². The second-order valence-corrected chi connectivity index (χ2v) is 7.35. The van der Waals surface area contributed by atoms with E-state index in [1.54, 1.807) is 28.6 Å². The fraction of sp³-hybridized carbons (Fsp3) is 0.538. The van der Waals surface area contributed by atoms with Gasteiger partial charge >= 0.3 is 0 Å². The molecule has 1 rings (SSSR count). The molecule has 6 heteroatoms. The van der Waals surface area contributed by atoms with Crippen molar-refractivity contribution in [1.29, 1.82) is 0 Å². The van der Waals surface area contributed by atoms with Gasteiger partial charge in [-0.3, -0.25) is 0 Å². The maximum absolute atomic E-state index is 12.7. The zero-order valence-electron chi connectivity index (χ0n) is 11.1. The van der Waals surface area contributed by atoms with Crippen LogP contribution >= 0.6 is 27.5 Å². The molecule has 3 nitrogen and oxygen atoms in total. The van der Waals surface area contributed by atoms with E-state index in [1.807, 2.05) is 13.8 Å². The van der Waals surface area contributed by atoms with Crippen molar-refractivity contribution in [3.05, 3.63) is 29.3 Å². The maximum Gasteiger partial charge on any atom is 0.243 e. The van der Waals surface area contributed by atoms with Crippen molar-refractivity contribution in [3.63, 3.8) is 0 Å². The van der Waals surface area contributed by atoms with Crippen molar-refractivity contribution in [2.24, 2.45) is 0 Å². The van der Waals surface area contributed by atoms with Crippen molar-refractivity contribution in [2.45, 2.75) is 37.6 Å². The first-order valence-corrected chi connectivity index (χ1v) is 9.24. The number of hydrogen-bond donors (Lipinski definition) is 0. The number of halogens is 2. The highest BCUT2D eigenvalue weighted by molar-refractivity contribution is 9.09. The molecule has 0 spiro atoms. The van der Waals surface area contributed by atoms with Crippen LogP contribution in [0.3, 0.4) is 0 Å². The first kappa shape index (κ1) is 17.0. The summed E-state index contributed by atoms with van der Waals surface area (Å²) in [7, 11) is -3.46. The average Bonchev–Trinajstić information content (AvgIpc) is 2.39. The molecule has 1 aromatic carbocycles. The van der Waals surface area contributed by atoms with E-state index in [1.165, 1.54) is 0 Å². The minimum Gasteiger partial charge on any atom is -0.207 e. The summed E-state index contributed by atoms with van der Waals surface area (Å²) in [4.78, 5) is 0.296. The van der Waals surface area contributed by atoms with E-state index in [-0.39, 0.29) is 6.04 Å². The van der Waals surface area contributed by atoms with Crippen LogP contribution in [0.4, 0.5) is 0 Å².